The van der Waals surface area contributed by atoms with Gasteiger partial charge < -0.3 is 20.1 Å². The fourth-order valence-electron chi connectivity index (χ4n) is 2.76. The van der Waals surface area contributed by atoms with Crippen LogP contribution in [0, 0.1) is 6.92 Å². The smallest absolute Gasteiger partial charge is 0.331 e. The Kier molecular flexibility index (Phi) is 4.88. The molecule has 0 unspecified atom stereocenters. The summed E-state index contributed by atoms with van der Waals surface area (Å²) >= 11 is 0. The van der Waals surface area contributed by atoms with Gasteiger partial charge in [0, 0.05) is 5.69 Å². The molecule has 1 amide bonds. The van der Waals surface area contributed by atoms with Crippen LogP contribution in [0.4, 0.5) is 11.4 Å². The highest BCUT2D eigenvalue weighted by Crippen LogP contribution is 2.32. The first-order valence-electron chi connectivity index (χ1n) is 8.07. The molecule has 1 aliphatic heterocycles. The van der Waals surface area contributed by atoms with Crippen molar-refractivity contribution in [2.75, 3.05) is 23.3 Å². The van der Waals surface area contributed by atoms with Gasteiger partial charge in [-0.05, 0) is 42.3 Å². The van der Waals surface area contributed by atoms with Crippen LogP contribution in [0.1, 0.15) is 11.1 Å². The Balaban J connectivity index is 1.67. The van der Waals surface area contributed by atoms with Gasteiger partial charge in [0.15, 0.2) is 5.75 Å². The van der Waals surface area contributed by atoms with Crippen LogP contribution in [-0.2, 0) is 20.8 Å². The van der Waals surface area contributed by atoms with Crippen molar-refractivity contribution < 1.29 is 24.2 Å². The number of anilines is 2. The van der Waals surface area contributed by atoms with Crippen LogP contribution in [0.25, 0.3) is 0 Å². The summed E-state index contributed by atoms with van der Waals surface area (Å²) in [4.78, 5) is 36.4. The van der Waals surface area contributed by atoms with Crippen molar-refractivity contribution >= 4 is 29.2 Å². The van der Waals surface area contributed by atoms with E-state index in [1.807, 2.05) is 19.1 Å². The van der Waals surface area contributed by atoms with Crippen LogP contribution in [-0.4, -0.2) is 36.0 Å². The second-order valence-corrected chi connectivity index (χ2v) is 6.12. The number of carbonyl (C=O) groups is 3. The van der Waals surface area contributed by atoms with Gasteiger partial charge in [-0.25, -0.2) is 4.79 Å². The molecule has 2 N–H and O–H groups in total. The molecule has 0 saturated carbocycles. The number of esters is 1. The van der Waals surface area contributed by atoms with Gasteiger partial charge in [0.25, 0.3) is 0 Å². The van der Waals surface area contributed by atoms with Gasteiger partial charge in [-0.2, -0.15) is 0 Å². The van der Waals surface area contributed by atoms with Crippen molar-refractivity contribution in [3.8, 4) is 5.75 Å². The van der Waals surface area contributed by atoms with Gasteiger partial charge >= 0.3 is 11.9 Å². The average molecular weight is 354 g/mol. The van der Waals surface area contributed by atoms with Crippen LogP contribution in [0.15, 0.2) is 42.5 Å². The lowest BCUT2D eigenvalue weighted by molar-refractivity contribution is -0.136. The van der Waals surface area contributed by atoms with E-state index in [1.165, 1.54) is 0 Å². The fourth-order valence-corrected chi connectivity index (χ4v) is 2.76. The topological polar surface area (TPSA) is 95.9 Å². The SMILES string of the molecule is Cc1ccc2c(c1)OC(=O)CN2CC(=O)Nc1ccc(CC(=O)O)cc1. The van der Waals surface area contributed by atoms with E-state index in [-0.39, 0.29) is 25.4 Å². The Morgan fingerprint density at radius 3 is 2.62 bits per heavy atom. The number of aliphatic carboxylic acids is 1. The maximum atomic E-state index is 12.3. The fraction of sp³-hybridized carbons (Fsp3) is 0.211. The first-order chi connectivity index (χ1) is 12.4. The molecule has 1 aliphatic rings. The molecular weight excluding hydrogens is 336 g/mol. The molecule has 3 rings (SSSR count). The molecule has 2 aromatic rings. The van der Waals surface area contributed by atoms with Gasteiger partial charge in [0.1, 0.15) is 6.54 Å². The van der Waals surface area contributed by atoms with E-state index < -0.39 is 11.9 Å². The van der Waals surface area contributed by atoms with Crippen molar-refractivity contribution in [2.24, 2.45) is 0 Å². The largest absolute Gasteiger partial charge is 0.481 e. The van der Waals surface area contributed by atoms with E-state index in [9.17, 15) is 14.4 Å². The molecule has 0 aromatic heterocycles. The first kappa shape index (κ1) is 17.5. The molecule has 0 aliphatic carbocycles. The lowest BCUT2D eigenvalue weighted by atomic mass is 10.1. The Morgan fingerprint density at radius 1 is 1.19 bits per heavy atom. The summed E-state index contributed by atoms with van der Waals surface area (Å²) in [5, 5.41) is 11.5. The Labute approximate surface area is 150 Å². The predicted octanol–water partition coefficient (Wildman–Crippen LogP) is 1.99. The van der Waals surface area contributed by atoms with Gasteiger partial charge in [-0.1, -0.05) is 18.2 Å². The zero-order chi connectivity index (χ0) is 18.7. The van der Waals surface area contributed by atoms with Crippen LogP contribution in [0.3, 0.4) is 0 Å². The van der Waals surface area contributed by atoms with Gasteiger partial charge in [-0.15, -0.1) is 0 Å². The number of amides is 1. The van der Waals surface area contributed by atoms with E-state index >= 15 is 0 Å². The van der Waals surface area contributed by atoms with E-state index in [0.29, 0.717) is 22.7 Å². The third-order valence-corrected chi connectivity index (χ3v) is 3.93. The molecule has 26 heavy (non-hydrogen) atoms. The molecule has 0 fully saturated rings. The number of aryl methyl sites for hydroxylation is 1. The minimum Gasteiger partial charge on any atom is -0.481 e. The van der Waals surface area contributed by atoms with Crippen molar-refractivity contribution in [3.63, 3.8) is 0 Å². The standard InChI is InChI=1S/C19H18N2O5/c1-12-2-7-15-16(8-12)26-19(25)11-21(15)10-17(22)20-14-5-3-13(4-6-14)9-18(23)24/h2-8H,9-11H2,1H3,(H,20,22)(H,23,24). The van der Waals surface area contributed by atoms with E-state index in [2.05, 4.69) is 5.32 Å². The minimum atomic E-state index is -0.910. The van der Waals surface area contributed by atoms with Crippen molar-refractivity contribution in [3.05, 3.63) is 53.6 Å². The maximum Gasteiger partial charge on any atom is 0.331 e. The first-order valence-corrected chi connectivity index (χ1v) is 8.07. The number of carboxylic acid groups (broad SMARTS) is 1. The maximum absolute atomic E-state index is 12.3. The number of rotatable bonds is 5. The summed E-state index contributed by atoms with van der Waals surface area (Å²) in [6.07, 6.45) is -0.0691. The number of hydrogen-bond donors (Lipinski definition) is 2. The third kappa shape index (κ3) is 4.18. The van der Waals surface area contributed by atoms with E-state index in [0.717, 1.165) is 5.56 Å². The number of carbonyl (C=O) groups excluding carboxylic acids is 2. The molecular formula is C19H18N2O5. The minimum absolute atomic E-state index is 0.00102. The molecule has 134 valence electrons. The monoisotopic (exact) mass is 354 g/mol. The molecule has 0 radical (unpaired) electrons. The zero-order valence-corrected chi connectivity index (χ0v) is 14.2. The second-order valence-electron chi connectivity index (χ2n) is 6.12. The highest BCUT2D eigenvalue weighted by atomic mass is 16.5. The summed E-state index contributed by atoms with van der Waals surface area (Å²) in [6.45, 7) is 1.90. The molecule has 7 nitrogen and oxygen atoms in total. The lowest BCUT2D eigenvalue weighted by Crippen LogP contribution is -2.41. The number of fused-ring (bicyclic) bond motifs is 1. The highest BCUT2D eigenvalue weighted by Gasteiger charge is 2.25. The molecule has 2 aromatic carbocycles. The summed E-state index contributed by atoms with van der Waals surface area (Å²) in [6, 6.07) is 12.1. The average Bonchev–Trinajstić information content (AvgIpc) is 2.55. The van der Waals surface area contributed by atoms with Crippen LogP contribution < -0.4 is 15.0 Å². The van der Waals surface area contributed by atoms with Gasteiger partial charge in [0.05, 0.1) is 18.7 Å². The molecule has 7 heteroatoms. The lowest BCUT2D eigenvalue weighted by Gasteiger charge is -2.29. The Morgan fingerprint density at radius 2 is 1.92 bits per heavy atom. The molecule has 0 bridgehead atoms. The quantitative estimate of drug-likeness (QED) is 0.630. The summed E-state index contributed by atoms with van der Waals surface area (Å²) < 4.78 is 5.23. The second kappa shape index (κ2) is 7.26. The van der Waals surface area contributed by atoms with Crippen molar-refractivity contribution in [1.82, 2.24) is 0 Å². The molecule has 1 heterocycles. The predicted molar refractivity (Wildman–Crippen MR) is 95.4 cm³/mol. The van der Waals surface area contributed by atoms with Crippen molar-refractivity contribution in [2.45, 2.75) is 13.3 Å². The number of ether oxygens (including phenoxy) is 1. The normalized spacial score (nSPS) is 13.0. The van der Waals surface area contributed by atoms with Gasteiger partial charge in [-0.3, -0.25) is 9.59 Å². The van der Waals surface area contributed by atoms with Crippen LogP contribution >= 0.6 is 0 Å². The number of benzene rings is 2. The zero-order valence-electron chi connectivity index (χ0n) is 14.2. The Bertz CT molecular complexity index is 861. The number of nitrogens with one attached hydrogen (secondary N) is 1. The molecule has 0 saturated heterocycles. The molecule has 0 spiro atoms. The van der Waals surface area contributed by atoms with Crippen LogP contribution in [0.5, 0.6) is 5.75 Å². The summed E-state index contributed by atoms with van der Waals surface area (Å²) in [5.74, 6) is -1.15. The highest BCUT2D eigenvalue weighted by molar-refractivity contribution is 5.96. The van der Waals surface area contributed by atoms with Crippen LogP contribution in [0.2, 0.25) is 0 Å². The summed E-state index contributed by atoms with van der Waals surface area (Å²) in [7, 11) is 0. The summed E-state index contributed by atoms with van der Waals surface area (Å²) in [5.41, 5.74) is 2.87. The number of nitrogens with zero attached hydrogens (tertiary/aromatic N) is 1. The third-order valence-electron chi connectivity index (χ3n) is 3.93. The molecule has 0 atom stereocenters. The van der Waals surface area contributed by atoms with E-state index in [1.54, 1.807) is 35.2 Å². The Hall–Kier alpha value is -3.35. The number of hydrogen-bond acceptors (Lipinski definition) is 5. The van der Waals surface area contributed by atoms with Crippen molar-refractivity contribution in [1.29, 1.82) is 0 Å². The van der Waals surface area contributed by atoms with Gasteiger partial charge in [0.2, 0.25) is 5.91 Å². The number of carboxylic acids is 1. The van der Waals surface area contributed by atoms with E-state index in [4.69, 9.17) is 9.84 Å².